The molecule has 9 aromatic rings. The highest BCUT2D eigenvalue weighted by Crippen LogP contribution is 2.44. The van der Waals surface area contributed by atoms with Gasteiger partial charge < -0.3 is 9.13 Å². The first-order chi connectivity index (χ1) is 23.7. The van der Waals surface area contributed by atoms with E-state index in [-0.39, 0.29) is 0 Å². The van der Waals surface area contributed by atoms with Crippen LogP contribution in [0, 0.1) is 22.7 Å². The predicted octanol–water partition coefficient (Wildman–Crippen LogP) is 11.0. The van der Waals surface area contributed by atoms with Gasteiger partial charge in [0.1, 0.15) is 0 Å². The molecule has 0 spiro atoms. The molecule has 4 heteroatoms. The van der Waals surface area contributed by atoms with Gasteiger partial charge in [0.2, 0.25) is 0 Å². The van der Waals surface area contributed by atoms with Gasteiger partial charge in [-0.1, -0.05) is 91.0 Å². The van der Waals surface area contributed by atoms with Crippen LogP contribution >= 0.6 is 0 Å². The van der Waals surface area contributed by atoms with E-state index in [9.17, 15) is 10.5 Å². The minimum absolute atomic E-state index is 0.462. The second-order valence-electron chi connectivity index (χ2n) is 12.0. The fourth-order valence-corrected chi connectivity index (χ4v) is 7.32. The molecule has 0 radical (unpaired) electrons. The number of aromatic nitrogens is 2. The van der Waals surface area contributed by atoms with Crippen molar-refractivity contribution in [1.82, 2.24) is 9.13 Å². The van der Waals surface area contributed by atoms with Crippen molar-refractivity contribution in [2.24, 2.45) is 0 Å². The van der Waals surface area contributed by atoms with Gasteiger partial charge in [-0.05, 0) is 83.4 Å². The van der Waals surface area contributed by atoms with E-state index in [4.69, 9.17) is 0 Å². The second-order valence-corrected chi connectivity index (χ2v) is 12.0. The lowest BCUT2D eigenvalue weighted by molar-refractivity contribution is 1.18. The van der Waals surface area contributed by atoms with Crippen LogP contribution in [0.2, 0.25) is 0 Å². The van der Waals surface area contributed by atoms with Gasteiger partial charge in [0, 0.05) is 38.5 Å². The Labute approximate surface area is 277 Å². The fourth-order valence-electron chi connectivity index (χ4n) is 7.32. The van der Waals surface area contributed by atoms with Crippen LogP contribution in [0.1, 0.15) is 11.1 Å². The molecule has 0 atom stereocenters. The molecular formula is C44H26N4. The standard InChI is InChI=1S/C44H26N4/c45-27-29-23-30(28-46)25-32(24-29)36-21-20-35(43-38-16-8-10-18-41(38)48(44(36)43)34-13-5-2-6-14-34)31-19-22-42-39(26-31)37-15-7-9-17-40(37)47(42)33-11-3-1-4-12-33/h1-26H. The number of nitrogens with zero attached hydrogens (tertiary/aromatic N) is 4. The molecule has 0 aliphatic carbocycles. The van der Waals surface area contributed by atoms with Gasteiger partial charge in [-0.25, -0.2) is 0 Å². The molecule has 0 saturated heterocycles. The van der Waals surface area contributed by atoms with Gasteiger partial charge in [0.05, 0.1) is 45.3 Å². The molecule has 0 amide bonds. The van der Waals surface area contributed by atoms with Crippen LogP contribution in [0.3, 0.4) is 0 Å². The topological polar surface area (TPSA) is 57.4 Å². The molecule has 222 valence electrons. The number of rotatable bonds is 4. The Morgan fingerprint density at radius 3 is 1.60 bits per heavy atom. The highest BCUT2D eigenvalue weighted by molar-refractivity contribution is 6.20. The number of benzene rings is 7. The summed E-state index contributed by atoms with van der Waals surface area (Å²) in [6.07, 6.45) is 0. The van der Waals surface area contributed by atoms with E-state index in [0.29, 0.717) is 11.1 Å². The van der Waals surface area contributed by atoms with Gasteiger partial charge in [-0.3, -0.25) is 0 Å². The Bertz CT molecular complexity index is 2760. The lowest BCUT2D eigenvalue weighted by Gasteiger charge is -2.14. The number of hydrogen-bond acceptors (Lipinski definition) is 2. The van der Waals surface area contributed by atoms with E-state index in [0.717, 1.165) is 61.0 Å². The van der Waals surface area contributed by atoms with Crippen LogP contribution in [0.15, 0.2) is 158 Å². The Morgan fingerprint density at radius 1 is 0.396 bits per heavy atom. The van der Waals surface area contributed by atoms with E-state index in [1.54, 1.807) is 6.07 Å². The van der Waals surface area contributed by atoms with Crippen molar-refractivity contribution >= 4 is 43.6 Å². The van der Waals surface area contributed by atoms with E-state index in [1.807, 2.05) is 24.3 Å². The van der Waals surface area contributed by atoms with Gasteiger partial charge >= 0.3 is 0 Å². The molecule has 48 heavy (non-hydrogen) atoms. The van der Waals surface area contributed by atoms with Crippen LogP contribution in [0.5, 0.6) is 0 Å². The third-order valence-corrected chi connectivity index (χ3v) is 9.33. The van der Waals surface area contributed by atoms with Crippen molar-refractivity contribution in [2.75, 3.05) is 0 Å². The second kappa shape index (κ2) is 10.9. The largest absolute Gasteiger partial charge is 0.309 e. The average Bonchev–Trinajstić information content (AvgIpc) is 3.68. The first kappa shape index (κ1) is 27.4. The molecule has 0 aliphatic rings. The van der Waals surface area contributed by atoms with Gasteiger partial charge in [0.15, 0.2) is 0 Å². The van der Waals surface area contributed by atoms with E-state index >= 15 is 0 Å². The number of para-hydroxylation sites is 4. The highest BCUT2D eigenvalue weighted by Gasteiger charge is 2.21. The minimum Gasteiger partial charge on any atom is -0.309 e. The summed E-state index contributed by atoms with van der Waals surface area (Å²) < 4.78 is 4.65. The molecule has 0 aliphatic heterocycles. The van der Waals surface area contributed by atoms with Crippen LogP contribution in [-0.2, 0) is 0 Å². The molecule has 0 N–H and O–H groups in total. The Balaban J connectivity index is 1.40. The fraction of sp³-hybridized carbons (Fsp3) is 0. The summed E-state index contributed by atoms with van der Waals surface area (Å²) in [4.78, 5) is 0. The Morgan fingerprint density at radius 2 is 0.938 bits per heavy atom. The summed E-state index contributed by atoms with van der Waals surface area (Å²) in [6.45, 7) is 0. The molecular weight excluding hydrogens is 585 g/mol. The lowest BCUT2D eigenvalue weighted by atomic mass is 9.92. The zero-order chi connectivity index (χ0) is 32.2. The van der Waals surface area contributed by atoms with Gasteiger partial charge in [0.25, 0.3) is 0 Å². The third kappa shape index (κ3) is 4.14. The summed E-state index contributed by atoms with van der Waals surface area (Å²) in [5, 5.41) is 24.4. The Kier molecular flexibility index (Phi) is 6.22. The van der Waals surface area contributed by atoms with Crippen LogP contribution < -0.4 is 0 Å². The van der Waals surface area contributed by atoms with Gasteiger partial charge in [-0.2, -0.15) is 10.5 Å². The number of nitriles is 2. The summed E-state index contributed by atoms with van der Waals surface area (Å²) in [5.74, 6) is 0. The average molecular weight is 611 g/mol. The maximum absolute atomic E-state index is 9.85. The molecule has 0 unspecified atom stereocenters. The smallest absolute Gasteiger partial charge is 0.0992 e. The van der Waals surface area contributed by atoms with Crippen molar-refractivity contribution in [3.63, 3.8) is 0 Å². The van der Waals surface area contributed by atoms with E-state index in [1.165, 1.54) is 16.3 Å². The number of fused-ring (bicyclic) bond motifs is 6. The summed E-state index contributed by atoms with van der Waals surface area (Å²) in [7, 11) is 0. The summed E-state index contributed by atoms with van der Waals surface area (Å²) in [6, 6.07) is 59.1. The third-order valence-electron chi connectivity index (χ3n) is 9.33. The molecule has 4 nitrogen and oxygen atoms in total. The summed E-state index contributed by atoms with van der Waals surface area (Å²) >= 11 is 0. The highest BCUT2D eigenvalue weighted by atomic mass is 15.0. The van der Waals surface area contributed by atoms with Crippen LogP contribution in [-0.4, -0.2) is 9.13 Å². The molecule has 9 rings (SSSR count). The zero-order valence-corrected chi connectivity index (χ0v) is 25.8. The van der Waals surface area contributed by atoms with E-state index < -0.39 is 0 Å². The van der Waals surface area contributed by atoms with Crippen molar-refractivity contribution in [2.45, 2.75) is 0 Å². The zero-order valence-electron chi connectivity index (χ0n) is 25.8. The van der Waals surface area contributed by atoms with Crippen LogP contribution in [0.4, 0.5) is 0 Å². The van der Waals surface area contributed by atoms with Crippen molar-refractivity contribution in [3.8, 4) is 45.8 Å². The van der Waals surface area contributed by atoms with E-state index in [2.05, 4.69) is 149 Å². The van der Waals surface area contributed by atoms with Crippen molar-refractivity contribution < 1.29 is 0 Å². The quantitative estimate of drug-likeness (QED) is 0.199. The number of hydrogen-bond donors (Lipinski definition) is 0. The van der Waals surface area contributed by atoms with Crippen molar-refractivity contribution in [3.05, 3.63) is 169 Å². The Hall–Kier alpha value is -6.88. The first-order valence-corrected chi connectivity index (χ1v) is 15.9. The molecule has 2 heterocycles. The summed E-state index contributed by atoms with van der Waals surface area (Å²) in [5.41, 5.74) is 11.6. The maximum Gasteiger partial charge on any atom is 0.0992 e. The first-order valence-electron chi connectivity index (χ1n) is 15.9. The molecule has 7 aromatic carbocycles. The van der Waals surface area contributed by atoms with Crippen LogP contribution in [0.25, 0.3) is 77.2 Å². The monoisotopic (exact) mass is 610 g/mol. The lowest BCUT2D eigenvalue weighted by Crippen LogP contribution is -1.96. The minimum atomic E-state index is 0.462. The normalized spacial score (nSPS) is 11.3. The maximum atomic E-state index is 9.85. The van der Waals surface area contributed by atoms with Crippen molar-refractivity contribution in [1.29, 1.82) is 10.5 Å². The predicted molar refractivity (Wildman–Crippen MR) is 195 cm³/mol. The molecule has 0 bridgehead atoms. The molecule has 0 fully saturated rings. The molecule has 0 saturated carbocycles. The van der Waals surface area contributed by atoms with Gasteiger partial charge in [-0.15, -0.1) is 0 Å². The SMILES string of the molecule is N#Cc1cc(C#N)cc(-c2ccc(-c3ccc4c(c3)c3ccccc3n4-c3ccccc3)c3c4ccccc4n(-c4ccccc4)c23)c1. The molecule has 2 aromatic heterocycles.